The molecule has 0 aliphatic heterocycles. The molecule has 2 N–H and O–H groups in total. The van der Waals surface area contributed by atoms with Gasteiger partial charge in [0.25, 0.3) is 0 Å². The van der Waals surface area contributed by atoms with E-state index in [-0.39, 0.29) is 5.75 Å². The number of aromatic hydroxyl groups is 1. The molecular weight excluding hydrogens is 390 g/mol. The maximum atomic E-state index is 9.70. The van der Waals surface area contributed by atoms with Gasteiger partial charge in [0.1, 0.15) is 5.75 Å². The molecule has 0 aliphatic carbocycles. The van der Waals surface area contributed by atoms with Crippen LogP contribution in [0.15, 0.2) is 39.5 Å². The highest BCUT2D eigenvalue weighted by molar-refractivity contribution is 9.11. The van der Waals surface area contributed by atoms with Crippen molar-refractivity contribution in [3.05, 3.63) is 39.5 Å². The molecular formula is C12H7Br2N5O. The number of halogens is 2. The van der Waals surface area contributed by atoms with Crippen molar-refractivity contribution in [2.75, 3.05) is 0 Å². The van der Waals surface area contributed by atoms with Crippen LogP contribution in [-0.2, 0) is 0 Å². The van der Waals surface area contributed by atoms with Gasteiger partial charge in [0.05, 0.1) is 21.3 Å². The number of aromatic amines is 1. The average Bonchev–Trinajstić information content (AvgIpc) is 2.95. The fourth-order valence-corrected chi connectivity index (χ4v) is 2.83. The number of H-pyrrole nitrogens is 1. The second-order valence-corrected chi connectivity index (χ2v) is 5.64. The number of hydrogen-bond acceptors (Lipinski definition) is 5. The Balaban J connectivity index is 2.03. The van der Waals surface area contributed by atoms with Crippen molar-refractivity contribution >= 4 is 31.9 Å². The van der Waals surface area contributed by atoms with E-state index in [4.69, 9.17) is 0 Å². The SMILES string of the molecule is Oc1c(Br)cc(-c2n[nH]c(-c3ccnnc3)n2)cc1Br. The summed E-state index contributed by atoms with van der Waals surface area (Å²) < 4.78 is 1.14. The van der Waals surface area contributed by atoms with Gasteiger partial charge in [-0.3, -0.25) is 5.10 Å². The highest BCUT2D eigenvalue weighted by Crippen LogP contribution is 2.36. The van der Waals surface area contributed by atoms with Crippen LogP contribution in [0.3, 0.4) is 0 Å². The predicted molar refractivity (Wildman–Crippen MR) is 79.9 cm³/mol. The molecule has 0 amide bonds. The normalized spacial score (nSPS) is 10.7. The van der Waals surface area contributed by atoms with E-state index in [0.717, 1.165) is 11.1 Å². The number of hydrogen-bond donors (Lipinski definition) is 2. The second kappa shape index (κ2) is 5.29. The van der Waals surface area contributed by atoms with E-state index in [1.165, 1.54) is 0 Å². The molecule has 0 unspecified atom stereocenters. The van der Waals surface area contributed by atoms with Crippen LogP contribution in [0.1, 0.15) is 0 Å². The van der Waals surface area contributed by atoms with Crippen molar-refractivity contribution in [2.24, 2.45) is 0 Å². The lowest BCUT2D eigenvalue weighted by Crippen LogP contribution is -1.85. The van der Waals surface area contributed by atoms with E-state index < -0.39 is 0 Å². The summed E-state index contributed by atoms with van der Waals surface area (Å²) in [5, 5.41) is 24.2. The lowest BCUT2D eigenvalue weighted by molar-refractivity contribution is 0.468. The number of rotatable bonds is 2. The first kappa shape index (κ1) is 13.2. The van der Waals surface area contributed by atoms with E-state index in [0.29, 0.717) is 20.6 Å². The summed E-state index contributed by atoms with van der Waals surface area (Å²) in [6, 6.07) is 5.29. The van der Waals surface area contributed by atoms with Crippen LogP contribution in [0.2, 0.25) is 0 Å². The van der Waals surface area contributed by atoms with Gasteiger partial charge in [-0.05, 0) is 50.1 Å². The Labute approximate surface area is 130 Å². The van der Waals surface area contributed by atoms with Gasteiger partial charge in [-0.25, -0.2) is 4.98 Å². The van der Waals surface area contributed by atoms with E-state index in [2.05, 4.69) is 57.2 Å². The third kappa shape index (κ3) is 2.44. The fourth-order valence-electron chi connectivity index (χ4n) is 1.65. The van der Waals surface area contributed by atoms with E-state index in [1.807, 2.05) is 0 Å². The topological polar surface area (TPSA) is 87.6 Å². The monoisotopic (exact) mass is 395 g/mol. The second-order valence-electron chi connectivity index (χ2n) is 3.93. The van der Waals surface area contributed by atoms with E-state index in [1.54, 1.807) is 30.6 Å². The van der Waals surface area contributed by atoms with Crippen molar-refractivity contribution in [1.29, 1.82) is 0 Å². The molecule has 6 nitrogen and oxygen atoms in total. The van der Waals surface area contributed by atoms with Gasteiger partial charge in [-0.1, -0.05) is 0 Å². The van der Waals surface area contributed by atoms with E-state index >= 15 is 0 Å². The zero-order valence-electron chi connectivity index (χ0n) is 9.88. The molecule has 0 spiro atoms. The van der Waals surface area contributed by atoms with Crippen LogP contribution in [0.4, 0.5) is 0 Å². The molecule has 0 saturated heterocycles. The minimum absolute atomic E-state index is 0.142. The Bertz CT molecular complexity index is 737. The molecule has 3 aromatic rings. The summed E-state index contributed by atoms with van der Waals surface area (Å²) in [5.74, 6) is 1.27. The van der Waals surface area contributed by atoms with Crippen LogP contribution >= 0.6 is 31.9 Å². The smallest absolute Gasteiger partial charge is 0.181 e. The molecule has 8 heteroatoms. The zero-order valence-corrected chi connectivity index (χ0v) is 13.1. The van der Waals surface area contributed by atoms with Crippen molar-refractivity contribution in [3.8, 4) is 28.5 Å². The Kier molecular flexibility index (Phi) is 3.49. The summed E-state index contributed by atoms with van der Waals surface area (Å²) in [7, 11) is 0. The first-order valence-corrected chi connectivity index (χ1v) is 7.11. The maximum Gasteiger partial charge on any atom is 0.181 e. The molecule has 1 aromatic carbocycles. The largest absolute Gasteiger partial charge is 0.506 e. The molecule has 0 fully saturated rings. The van der Waals surface area contributed by atoms with Gasteiger partial charge in [0.2, 0.25) is 0 Å². The van der Waals surface area contributed by atoms with Crippen LogP contribution < -0.4 is 0 Å². The number of nitrogens with zero attached hydrogens (tertiary/aromatic N) is 4. The van der Waals surface area contributed by atoms with Crippen molar-refractivity contribution in [2.45, 2.75) is 0 Å². The summed E-state index contributed by atoms with van der Waals surface area (Å²) in [5.41, 5.74) is 1.57. The summed E-state index contributed by atoms with van der Waals surface area (Å²) in [6.07, 6.45) is 3.19. The zero-order chi connectivity index (χ0) is 14.1. The third-order valence-corrected chi connectivity index (χ3v) is 3.83. The molecule has 0 bridgehead atoms. The maximum absolute atomic E-state index is 9.70. The summed E-state index contributed by atoms with van der Waals surface area (Å²) >= 11 is 6.56. The van der Waals surface area contributed by atoms with Gasteiger partial charge in [0, 0.05) is 11.1 Å². The number of benzene rings is 1. The van der Waals surface area contributed by atoms with Crippen LogP contribution in [0.5, 0.6) is 5.75 Å². The van der Waals surface area contributed by atoms with Gasteiger partial charge in [-0.15, -0.1) is 0 Å². The highest BCUT2D eigenvalue weighted by atomic mass is 79.9. The molecule has 3 rings (SSSR count). The Morgan fingerprint density at radius 2 is 1.80 bits per heavy atom. The van der Waals surface area contributed by atoms with Crippen LogP contribution in [0.25, 0.3) is 22.8 Å². The average molecular weight is 397 g/mol. The molecule has 0 radical (unpaired) electrons. The minimum atomic E-state index is 0.142. The molecule has 2 aromatic heterocycles. The predicted octanol–water partition coefficient (Wildman–Crippen LogP) is 3.16. The molecule has 100 valence electrons. The fraction of sp³-hybridized carbons (Fsp3) is 0. The van der Waals surface area contributed by atoms with E-state index in [9.17, 15) is 5.11 Å². The Morgan fingerprint density at radius 1 is 1.05 bits per heavy atom. The third-order valence-electron chi connectivity index (χ3n) is 2.62. The molecule has 2 heterocycles. The standard InChI is InChI=1S/C12H7Br2N5O/c13-8-3-7(4-9(14)10(8)20)12-17-11(18-19-12)6-1-2-15-16-5-6/h1-5,20H,(H,17,18,19). The van der Waals surface area contributed by atoms with Crippen LogP contribution in [-0.4, -0.2) is 30.5 Å². The first-order chi connectivity index (χ1) is 9.65. The quantitative estimate of drug-likeness (QED) is 0.694. The number of aromatic nitrogens is 5. The number of phenols is 1. The van der Waals surface area contributed by atoms with Gasteiger partial charge >= 0.3 is 0 Å². The van der Waals surface area contributed by atoms with Gasteiger partial charge < -0.3 is 5.11 Å². The number of nitrogens with one attached hydrogen (secondary N) is 1. The summed E-state index contributed by atoms with van der Waals surface area (Å²) in [4.78, 5) is 4.40. The van der Waals surface area contributed by atoms with Gasteiger partial charge in [-0.2, -0.15) is 15.3 Å². The summed E-state index contributed by atoms with van der Waals surface area (Å²) in [6.45, 7) is 0. The van der Waals surface area contributed by atoms with Gasteiger partial charge in [0.15, 0.2) is 11.6 Å². The van der Waals surface area contributed by atoms with Crippen LogP contribution in [0, 0.1) is 0 Å². The number of phenolic OH excluding ortho intramolecular Hbond substituents is 1. The highest BCUT2D eigenvalue weighted by Gasteiger charge is 2.12. The van der Waals surface area contributed by atoms with Crippen molar-refractivity contribution < 1.29 is 5.11 Å². The molecule has 0 aliphatic rings. The molecule has 20 heavy (non-hydrogen) atoms. The Morgan fingerprint density at radius 3 is 2.45 bits per heavy atom. The molecule has 0 saturated carbocycles. The minimum Gasteiger partial charge on any atom is -0.506 e. The van der Waals surface area contributed by atoms with Crippen molar-refractivity contribution in [3.63, 3.8) is 0 Å². The Hall–Kier alpha value is -1.80. The lowest BCUT2D eigenvalue weighted by atomic mass is 10.2. The van der Waals surface area contributed by atoms with Crippen molar-refractivity contribution in [1.82, 2.24) is 25.4 Å². The molecule has 0 atom stereocenters. The first-order valence-electron chi connectivity index (χ1n) is 5.53. The lowest BCUT2D eigenvalue weighted by Gasteiger charge is -2.02.